The van der Waals surface area contributed by atoms with Crippen molar-refractivity contribution in [3.05, 3.63) is 182 Å². The van der Waals surface area contributed by atoms with Crippen LogP contribution in [0.3, 0.4) is 0 Å². The van der Waals surface area contributed by atoms with E-state index in [1.165, 1.54) is 0 Å². The number of hydrogen-bond acceptors (Lipinski definition) is 0. The number of fused-ring (bicyclic) bond motifs is 3. The van der Waals surface area contributed by atoms with E-state index in [1.807, 2.05) is 78.9 Å². The molecule has 0 heterocycles. The average molecular weight is 577 g/mol. The van der Waals surface area contributed by atoms with Gasteiger partial charge < -0.3 is 0 Å². The van der Waals surface area contributed by atoms with Gasteiger partial charge in [-0.1, -0.05) is 176 Å². The molecule has 212 valence electrons. The second-order valence-corrected chi connectivity index (χ2v) is 11.3. The van der Waals surface area contributed by atoms with Crippen molar-refractivity contribution in [3.63, 3.8) is 0 Å². The lowest BCUT2D eigenvalue weighted by Gasteiger charge is -2.25. The first-order chi connectivity index (χ1) is 22.3. The van der Waals surface area contributed by atoms with E-state index in [2.05, 4.69) is 97.1 Å². The van der Waals surface area contributed by atoms with Crippen LogP contribution in [-0.2, 0) is 0 Å². The quantitative estimate of drug-likeness (QED) is 0.179. The molecule has 0 aliphatic heterocycles. The minimum atomic E-state index is -0.212. The highest BCUT2D eigenvalue weighted by molar-refractivity contribution is 6.28. The Hall–Kier alpha value is -5.79. The van der Waals surface area contributed by atoms with Crippen LogP contribution in [0, 0.1) is 5.82 Å². The smallest absolute Gasteiger partial charge is 0.140 e. The molecule has 0 spiro atoms. The van der Waals surface area contributed by atoms with Crippen LogP contribution in [0.1, 0.15) is 0 Å². The summed E-state index contributed by atoms with van der Waals surface area (Å²) in [6.07, 6.45) is 0. The van der Waals surface area contributed by atoms with Gasteiger partial charge in [0.1, 0.15) is 5.82 Å². The third-order valence-electron chi connectivity index (χ3n) is 8.72. The molecule has 0 amide bonds. The van der Waals surface area contributed by atoms with Crippen molar-refractivity contribution >= 4 is 21.5 Å². The van der Waals surface area contributed by atoms with Crippen molar-refractivity contribution in [1.29, 1.82) is 0 Å². The van der Waals surface area contributed by atoms with Crippen molar-refractivity contribution < 1.29 is 4.39 Å². The molecule has 0 nitrogen and oxygen atoms in total. The summed E-state index contributed by atoms with van der Waals surface area (Å²) in [6.45, 7) is 0. The van der Waals surface area contributed by atoms with Crippen molar-refractivity contribution in [2.24, 2.45) is 0 Å². The predicted octanol–water partition coefficient (Wildman–Crippen LogP) is 12.5. The van der Waals surface area contributed by atoms with Crippen molar-refractivity contribution in [2.75, 3.05) is 0 Å². The van der Waals surface area contributed by atoms with Gasteiger partial charge >= 0.3 is 0 Å². The largest absolute Gasteiger partial charge is 0.206 e. The van der Waals surface area contributed by atoms with Gasteiger partial charge in [-0.15, -0.1) is 0 Å². The first-order valence-corrected chi connectivity index (χ1v) is 15.3. The Labute approximate surface area is 262 Å². The van der Waals surface area contributed by atoms with Crippen LogP contribution in [0.25, 0.3) is 77.2 Å². The molecule has 8 aromatic rings. The zero-order valence-corrected chi connectivity index (χ0v) is 24.6. The van der Waals surface area contributed by atoms with E-state index in [-0.39, 0.29) is 5.82 Å². The Kier molecular flexibility index (Phi) is 6.77. The molecule has 0 saturated heterocycles. The molecule has 0 fully saturated rings. The summed E-state index contributed by atoms with van der Waals surface area (Å²) in [6, 6.07) is 60.0. The van der Waals surface area contributed by atoms with Gasteiger partial charge in [-0.05, 0) is 49.7 Å². The fourth-order valence-electron chi connectivity index (χ4n) is 6.86. The summed E-state index contributed by atoms with van der Waals surface area (Å²) in [5.41, 5.74) is 9.40. The molecule has 0 bridgehead atoms. The van der Waals surface area contributed by atoms with E-state index >= 15 is 4.39 Å². The van der Waals surface area contributed by atoms with Crippen LogP contribution >= 0.6 is 0 Å². The summed E-state index contributed by atoms with van der Waals surface area (Å²) in [5.74, 6) is -0.212. The van der Waals surface area contributed by atoms with Crippen LogP contribution in [0.4, 0.5) is 4.39 Å². The molecule has 0 aliphatic rings. The van der Waals surface area contributed by atoms with Gasteiger partial charge in [-0.25, -0.2) is 4.39 Å². The van der Waals surface area contributed by atoms with E-state index in [1.54, 1.807) is 0 Å². The van der Waals surface area contributed by atoms with Crippen LogP contribution < -0.4 is 0 Å². The van der Waals surface area contributed by atoms with Gasteiger partial charge in [0.25, 0.3) is 0 Å². The van der Waals surface area contributed by atoms with Crippen LogP contribution in [0.5, 0.6) is 0 Å². The predicted molar refractivity (Wildman–Crippen MR) is 189 cm³/mol. The van der Waals surface area contributed by atoms with Gasteiger partial charge in [-0.2, -0.15) is 0 Å². The highest BCUT2D eigenvalue weighted by Crippen LogP contribution is 2.53. The summed E-state index contributed by atoms with van der Waals surface area (Å²) in [5, 5.41) is 3.68. The van der Waals surface area contributed by atoms with Crippen LogP contribution in [-0.4, -0.2) is 0 Å². The number of benzene rings is 8. The molecule has 1 heteroatoms. The average Bonchev–Trinajstić information content (AvgIpc) is 3.12. The topological polar surface area (TPSA) is 0 Å². The van der Waals surface area contributed by atoms with Crippen LogP contribution in [0.15, 0.2) is 176 Å². The van der Waals surface area contributed by atoms with Gasteiger partial charge in [-0.3, -0.25) is 0 Å². The van der Waals surface area contributed by atoms with E-state index in [9.17, 15) is 0 Å². The van der Waals surface area contributed by atoms with E-state index in [4.69, 9.17) is 0 Å². The third-order valence-corrected chi connectivity index (χ3v) is 8.72. The molecular formula is C44H29F. The summed E-state index contributed by atoms with van der Waals surface area (Å²) in [7, 11) is 0. The highest BCUT2D eigenvalue weighted by atomic mass is 19.1. The summed E-state index contributed by atoms with van der Waals surface area (Å²) < 4.78 is 18.2. The van der Waals surface area contributed by atoms with Crippen LogP contribution in [0.2, 0.25) is 0 Å². The lowest BCUT2D eigenvalue weighted by molar-refractivity contribution is 0.644. The molecule has 0 atom stereocenters. The molecule has 8 rings (SSSR count). The second-order valence-electron chi connectivity index (χ2n) is 11.3. The maximum absolute atomic E-state index is 18.2. The lowest BCUT2D eigenvalue weighted by atomic mass is 9.77. The highest BCUT2D eigenvalue weighted by Gasteiger charge is 2.28. The van der Waals surface area contributed by atoms with E-state index in [0.717, 1.165) is 66.2 Å². The summed E-state index contributed by atoms with van der Waals surface area (Å²) >= 11 is 0. The Balaban J connectivity index is 1.73. The number of hydrogen-bond donors (Lipinski definition) is 0. The van der Waals surface area contributed by atoms with Gasteiger partial charge in [0.05, 0.1) is 0 Å². The van der Waals surface area contributed by atoms with E-state index < -0.39 is 0 Å². The van der Waals surface area contributed by atoms with Gasteiger partial charge in [0.2, 0.25) is 0 Å². The summed E-state index contributed by atoms with van der Waals surface area (Å²) in [4.78, 5) is 0. The Morgan fingerprint density at radius 3 is 1.00 bits per heavy atom. The molecule has 0 N–H and O–H groups in total. The number of rotatable bonds is 5. The Bertz CT molecular complexity index is 2270. The molecule has 45 heavy (non-hydrogen) atoms. The maximum Gasteiger partial charge on any atom is 0.140 e. The minimum Gasteiger partial charge on any atom is -0.206 e. The standard InChI is InChI=1S/C44H29F/c45-44-41(34-26-14-5-15-27-34)39(32-22-10-3-11-23-32)40(33-24-12-4-13-25-33)42-36-29-17-16-28-35(36)37(30-18-6-1-7-19-30)38(43(42)44)31-20-8-2-9-21-31/h1-29H. The van der Waals surface area contributed by atoms with Gasteiger partial charge in [0.15, 0.2) is 0 Å². The maximum atomic E-state index is 18.2. The molecule has 8 aromatic carbocycles. The van der Waals surface area contributed by atoms with Crippen molar-refractivity contribution in [3.8, 4) is 55.6 Å². The zero-order valence-electron chi connectivity index (χ0n) is 24.6. The van der Waals surface area contributed by atoms with Gasteiger partial charge in [0, 0.05) is 27.5 Å². The molecule has 0 aromatic heterocycles. The lowest BCUT2D eigenvalue weighted by Crippen LogP contribution is -2.01. The second kappa shape index (κ2) is 11.4. The number of halogens is 1. The molecule has 0 saturated carbocycles. The fraction of sp³-hybridized carbons (Fsp3) is 0. The van der Waals surface area contributed by atoms with Crippen molar-refractivity contribution in [2.45, 2.75) is 0 Å². The first kappa shape index (κ1) is 26.8. The first-order valence-electron chi connectivity index (χ1n) is 15.3. The third kappa shape index (κ3) is 4.53. The monoisotopic (exact) mass is 576 g/mol. The molecular weight excluding hydrogens is 547 g/mol. The fourth-order valence-corrected chi connectivity index (χ4v) is 6.86. The molecule has 0 radical (unpaired) electrons. The minimum absolute atomic E-state index is 0.212. The van der Waals surface area contributed by atoms with Crippen molar-refractivity contribution in [1.82, 2.24) is 0 Å². The molecule has 0 unspecified atom stereocenters. The Morgan fingerprint density at radius 2 is 0.556 bits per heavy atom. The SMILES string of the molecule is Fc1c(-c2ccccc2)c(-c2ccccc2)c(-c2ccccc2)c2c1c(-c1ccccc1)c(-c1ccccc1)c1ccccc12. The normalized spacial score (nSPS) is 11.2. The molecule has 0 aliphatic carbocycles. The van der Waals surface area contributed by atoms with E-state index in [0.29, 0.717) is 10.9 Å². The zero-order chi connectivity index (χ0) is 30.2. The Morgan fingerprint density at radius 1 is 0.244 bits per heavy atom.